The smallest absolute Gasteiger partial charge is 0.416 e. The fourth-order valence-electron chi connectivity index (χ4n) is 4.51. The van der Waals surface area contributed by atoms with Gasteiger partial charge in [-0.15, -0.1) is 0 Å². The highest BCUT2D eigenvalue weighted by molar-refractivity contribution is 9.10. The molecule has 0 aliphatic carbocycles. The van der Waals surface area contributed by atoms with Gasteiger partial charge in [-0.3, -0.25) is 10.2 Å². The number of rotatable bonds is 11. The first-order valence-corrected chi connectivity index (χ1v) is 14.2. The monoisotopic (exact) mass is 687 g/mol. The van der Waals surface area contributed by atoms with Crippen LogP contribution in [0.2, 0.25) is 0 Å². The molecule has 7 nitrogen and oxygen atoms in total. The molecule has 44 heavy (non-hydrogen) atoms. The van der Waals surface area contributed by atoms with Gasteiger partial charge in [0.25, 0.3) is 5.91 Å². The first-order chi connectivity index (χ1) is 20.7. The zero-order valence-electron chi connectivity index (χ0n) is 23.2. The third-order valence-electron chi connectivity index (χ3n) is 6.86. The summed E-state index contributed by atoms with van der Waals surface area (Å²) in [4.78, 5) is 18.4. The van der Waals surface area contributed by atoms with Crippen LogP contribution in [0.3, 0.4) is 0 Å². The number of ether oxygens (including phenoxy) is 2. The van der Waals surface area contributed by atoms with Crippen molar-refractivity contribution in [2.75, 3.05) is 13.2 Å². The number of hydrogen-bond donors (Lipinski definition) is 3. The van der Waals surface area contributed by atoms with E-state index < -0.39 is 47.6 Å². The highest BCUT2D eigenvalue weighted by Crippen LogP contribution is 2.37. The molecule has 236 valence electrons. The fraction of sp³-hybridized carbons (Fsp3) is 0.333. The highest BCUT2D eigenvalue weighted by Gasteiger charge is 2.50. The molecule has 0 spiro atoms. The Balaban J connectivity index is 1.58. The van der Waals surface area contributed by atoms with Gasteiger partial charge in [-0.2, -0.15) is 26.3 Å². The molecule has 0 bridgehead atoms. The lowest BCUT2D eigenvalue weighted by atomic mass is 9.86. The molecule has 0 saturated carbocycles. The molecule has 1 aliphatic rings. The zero-order valence-corrected chi connectivity index (χ0v) is 24.8. The number of carbonyl (C=O) groups excluding carboxylic acids is 1. The zero-order chi connectivity index (χ0) is 32.1. The van der Waals surface area contributed by atoms with Crippen molar-refractivity contribution in [3.63, 3.8) is 0 Å². The summed E-state index contributed by atoms with van der Waals surface area (Å²) in [5.41, 5.74) is 1.35. The van der Waals surface area contributed by atoms with Gasteiger partial charge in [-0.25, -0.2) is 10.4 Å². The van der Waals surface area contributed by atoms with E-state index in [1.165, 1.54) is 0 Å². The van der Waals surface area contributed by atoms with Crippen LogP contribution in [0.4, 0.5) is 26.3 Å². The second-order valence-corrected chi connectivity index (χ2v) is 11.0. The van der Waals surface area contributed by atoms with E-state index in [0.29, 0.717) is 36.5 Å². The fourth-order valence-corrected chi connectivity index (χ4v) is 4.78. The third-order valence-corrected chi connectivity index (χ3v) is 7.39. The van der Waals surface area contributed by atoms with E-state index in [2.05, 4.69) is 31.8 Å². The van der Waals surface area contributed by atoms with Crippen molar-refractivity contribution in [1.82, 2.24) is 10.9 Å². The number of aliphatic hydroxyl groups is 1. The van der Waals surface area contributed by atoms with Crippen LogP contribution in [0.15, 0.2) is 76.2 Å². The van der Waals surface area contributed by atoms with Crippen molar-refractivity contribution in [2.45, 2.75) is 50.3 Å². The van der Waals surface area contributed by atoms with Crippen LogP contribution in [0.25, 0.3) is 0 Å². The summed E-state index contributed by atoms with van der Waals surface area (Å²) < 4.78 is 92.0. The number of aliphatic imine (C=N–C) groups is 1. The molecule has 0 radical (unpaired) electrons. The van der Waals surface area contributed by atoms with Crippen LogP contribution in [0, 0.1) is 0 Å². The number of carbonyl (C=O) groups is 1. The topological polar surface area (TPSA) is 92.2 Å². The molecule has 3 aromatic rings. The predicted octanol–water partition coefficient (Wildman–Crippen LogP) is 6.22. The lowest BCUT2D eigenvalue weighted by Gasteiger charge is -2.28. The van der Waals surface area contributed by atoms with Crippen LogP contribution in [-0.2, 0) is 34.8 Å². The van der Waals surface area contributed by atoms with E-state index in [9.17, 15) is 31.1 Å². The third kappa shape index (κ3) is 8.10. The van der Waals surface area contributed by atoms with Gasteiger partial charge >= 0.3 is 12.4 Å². The summed E-state index contributed by atoms with van der Waals surface area (Å²) in [7, 11) is 0. The van der Waals surface area contributed by atoms with Gasteiger partial charge in [0.05, 0.1) is 17.7 Å². The number of hydrogen-bond acceptors (Lipinski definition) is 6. The number of hydrazine groups is 1. The van der Waals surface area contributed by atoms with Crippen molar-refractivity contribution in [3.05, 3.63) is 99.0 Å². The van der Waals surface area contributed by atoms with Gasteiger partial charge in [0.15, 0.2) is 5.54 Å². The second-order valence-electron chi connectivity index (χ2n) is 10.1. The van der Waals surface area contributed by atoms with E-state index >= 15 is 0 Å². The van der Waals surface area contributed by atoms with Crippen LogP contribution >= 0.6 is 15.9 Å². The largest absolute Gasteiger partial charge is 0.494 e. The SMILES string of the molecule is C[C@@H]1OC(c2ccc(OCCCO)cc2)=N[C@]1(Cc1ccc(Br)cc1)C(=O)NNCc1cc(C(F)(F)F)cc(C(F)(F)F)c1. The Morgan fingerprint density at radius 1 is 0.977 bits per heavy atom. The average molecular weight is 688 g/mol. The quantitative estimate of drug-likeness (QED) is 0.127. The van der Waals surface area contributed by atoms with E-state index in [-0.39, 0.29) is 30.6 Å². The number of nitrogens with zero attached hydrogens (tertiary/aromatic N) is 1. The molecule has 1 amide bonds. The van der Waals surface area contributed by atoms with Crippen LogP contribution in [0.1, 0.15) is 41.2 Å². The first-order valence-electron chi connectivity index (χ1n) is 13.4. The Morgan fingerprint density at radius 3 is 2.16 bits per heavy atom. The number of nitrogens with one attached hydrogen (secondary N) is 2. The number of alkyl halides is 6. The van der Waals surface area contributed by atoms with Gasteiger partial charge in [0.1, 0.15) is 11.9 Å². The molecule has 3 aromatic carbocycles. The maximum absolute atomic E-state index is 13.7. The minimum absolute atomic E-state index is 0.00741. The number of halogens is 7. The summed E-state index contributed by atoms with van der Waals surface area (Å²) in [6.07, 6.45) is -10.3. The first kappa shape index (κ1) is 33.3. The highest BCUT2D eigenvalue weighted by atomic mass is 79.9. The molecular formula is C30H28BrF6N3O4. The summed E-state index contributed by atoms with van der Waals surface area (Å²) >= 11 is 3.36. The molecule has 1 aliphatic heterocycles. The second kappa shape index (κ2) is 13.6. The summed E-state index contributed by atoms with van der Waals surface area (Å²) in [6, 6.07) is 15.1. The van der Waals surface area contributed by atoms with Crippen molar-refractivity contribution < 1.29 is 45.7 Å². The Bertz CT molecular complexity index is 1450. The minimum atomic E-state index is -5.00. The van der Waals surface area contributed by atoms with E-state index in [0.717, 1.165) is 10.0 Å². The maximum Gasteiger partial charge on any atom is 0.416 e. The molecule has 2 atom stereocenters. The number of aliphatic hydroxyl groups excluding tert-OH is 1. The van der Waals surface area contributed by atoms with Crippen LogP contribution < -0.4 is 15.6 Å². The lowest BCUT2D eigenvalue weighted by Crippen LogP contribution is -2.55. The van der Waals surface area contributed by atoms with Crippen LogP contribution in [-0.4, -0.2) is 41.8 Å². The summed E-state index contributed by atoms with van der Waals surface area (Å²) in [6.45, 7) is 1.43. The minimum Gasteiger partial charge on any atom is -0.494 e. The molecule has 14 heteroatoms. The summed E-state index contributed by atoms with van der Waals surface area (Å²) in [5.74, 6) is 0.0226. The number of amides is 1. The summed E-state index contributed by atoms with van der Waals surface area (Å²) in [5, 5.41) is 8.93. The predicted molar refractivity (Wildman–Crippen MR) is 153 cm³/mol. The van der Waals surface area contributed by atoms with Gasteiger partial charge in [0, 0.05) is 36.0 Å². The molecule has 0 saturated heterocycles. The van der Waals surface area contributed by atoms with Gasteiger partial charge in [-0.05, 0) is 72.6 Å². The van der Waals surface area contributed by atoms with Gasteiger partial charge in [0.2, 0.25) is 5.90 Å². The van der Waals surface area contributed by atoms with Crippen molar-refractivity contribution in [2.24, 2.45) is 4.99 Å². The normalized spacial score (nSPS) is 18.5. The van der Waals surface area contributed by atoms with Crippen LogP contribution in [0.5, 0.6) is 5.75 Å². The lowest BCUT2D eigenvalue weighted by molar-refractivity contribution is -0.143. The molecule has 0 aromatic heterocycles. The molecule has 3 N–H and O–H groups in total. The van der Waals surface area contributed by atoms with Gasteiger partial charge < -0.3 is 14.6 Å². The maximum atomic E-state index is 13.7. The van der Waals surface area contributed by atoms with E-state index in [1.807, 2.05) is 0 Å². The average Bonchev–Trinajstić information content (AvgIpc) is 3.30. The Hall–Kier alpha value is -3.62. The van der Waals surface area contributed by atoms with E-state index in [1.54, 1.807) is 55.5 Å². The molecule has 4 rings (SSSR count). The van der Waals surface area contributed by atoms with Gasteiger partial charge in [-0.1, -0.05) is 28.1 Å². The Labute approximate surface area is 257 Å². The Morgan fingerprint density at radius 2 is 1.59 bits per heavy atom. The molecular weight excluding hydrogens is 660 g/mol. The molecule has 0 unspecified atom stereocenters. The molecule has 0 fully saturated rings. The number of benzene rings is 3. The van der Waals surface area contributed by atoms with Crippen molar-refractivity contribution >= 4 is 27.7 Å². The molecule has 1 heterocycles. The standard InChI is InChI=1S/C30H28BrF6N3O4/c1-18-28(16-19-3-7-24(31)8-4-19,39-26(44-18)21-5-9-25(10-6-21)43-12-2-11-41)27(42)40-38-17-20-13-22(29(32,33)34)15-23(14-20)30(35,36)37/h3-10,13-15,18,38,41H,2,11-12,16-17H2,1H3,(H,40,42)/t18-,28-/m0/s1. The Kier molecular flexibility index (Phi) is 10.3. The van der Waals surface area contributed by atoms with Crippen molar-refractivity contribution in [1.29, 1.82) is 0 Å². The van der Waals surface area contributed by atoms with E-state index in [4.69, 9.17) is 14.6 Å². The van der Waals surface area contributed by atoms with Crippen molar-refractivity contribution in [3.8, 4) is 5.75 Å².